The minimum absolute atomic E-state index is 0.177. The number of hydrogen-bond donors (Lipinski definition) is 1. The first-order valence-electron chi connectivity index (χ1n) is 5.22. The van der Waals surface area contributed by atoms with E-state index in [1.807, 2.05) is 6.07 Å². The summed E-state index contributed by atoms with van der Waals surface area (Å²) < 4.78 is 10.6. The van der Waals surface area contributed by atoms with Crippen molar-refractivity contribution in [3.8, 4) is 23.3 Å². The van der Waals surface area contributed by atoms with Gasteiger partial charge in [0.05, 0.1) is 12.7 Å². The highest BCUT2D eigenvalue weighted by Gasteiger charge is 2.11. The number of hydrogen-bond acceptors (Lipinski definition) is 5. The minimum Gasteiger partial charge on any atom is -0.497 e. The predicted molar refractivity (Wildman–Crippen MR) is 69.1 cm³/mol. The molecule has 0 aliphatic heterocycles. The average Bonchev–Trinajstić information content (AvgIpc) is 2.87. The summed E-state index contributed by atoms with van der Waals surface area (Å²) in [4.78, 5) is 10.9. The number of carboxylic acids is 1. The zero-order valence-corrected chi connectivity index (χ0v) is 10.7. The molecule has 1 heterocycles. The van der Waals surface area contributed by atoms with Crippen LogP contribution in [-0.4, -0.2) is 18.2 Å². The molecule has 6 heteroatoms. The van der Waals surface area contributed by atoms with Gasteiger partial charge in [0, 0.05) is 17.5 Å². The first kappa shape index (κ1) is 12.9. The smallest absolute Gasteiger partial charge is 0.346 e. The van der Waals surface area contributed by atoms with Gasteiger partial charge in [0.25, 0.3) is 0 Å². The lowest BCUT2D eigenvalue weighted by Crippen LogP contribution is -1.91. The van der Waals surface area contributed by atoms with E-state index in [1.165, 1.54) is 13.2 Å². The number of nitriles is 1. The molecule has 19 heavy (non-hydrogen) atoms. The van der Waals surface area contributed by atoms with Gasteiger partial charge in [-0.2, -0.15) is 5.26 Å². The molecule has 2 aromatic rings. The molecular weight excluding hydrogens is 266 g/mol. The van der Waals surface area contributed by atoms with E-state index in [2.05, 4.69) is 0 Å². The molecule has 0 fully saturated rings. The third-order valence-corrected chi connectivity index (χ3v) is 3.22. The normalized spacial score (nSPS) is 9.68. The number of methoxy groups -OCH3 is 1. The summed E-state index contributed by atoms with van der Waals surface area (Å²) in [6, 6.07) is 8.23. The lowest BCUT2D eigenvalue weighted by atomic mass is 10.2. The van der Waals surface area contributed by atoms with E-state index >= 15 is 0 Å². The molecule has 96 valence electrons. The van der Waals surface area contributed by atoms with E-state index in [0.29, 0.717) is 22.8 Å². The summed E-state index contributed by atoms with van der Waals surface area (Å²) in [5, 5.41) is 19.4. The summed E-state index contributed by atoms with van der Waals surface area (Å²) in [6.45, 7) is 0. The molecule has 1 aromatic heterocycles. The van der Waals surface area contributed by atoms with Gasteiger partial charge >= 0.3 is 5.97 Å². The van der Waals surface area contributed by atoms with Crippen molar-refractivity contribution in [1.82, 2.24) is 0 Å². The van der Waals surface area contributed by atoms with E-state index in [-0.39, 0.29) is 4.88 Å². The van der Waals surface area contributed by atoms with Gasteiger partial charge in [0.2, 0.25) is 0 Å². The predicted octanol–water partition coefficient (Wildman–Crippen LogP) is 3.12. The fourth-order valence-electron chi connectivity index (χ4n) is 1.42. The van der Waals surface area contributed by atoms with Crippen LogP contribution >= 0.6 is 11.3 Å². The van der Waals surface area contributed by atoms with Crippen LogP contribution in [0.5, 0.6) is 17.2 Å². The third-order valence-electron chi connectivity index (χ3n) is 2.32. The molecular formula is C13H9NO4S. The van der Waals surface area contributed by atoms with Crippen LogP contribution in [-0.2, 0) is 0 Å². The molecule has 0 atom stereocenters. The van der Waals surface area contributed by atoms with E-state index < -0.39 is 5.97 Å². The van der Waals surface area contributed by atoms with E-state index in [0.717, 1.165) is 11.3 Å². The van der Waals surface area contributed by atoms with Crippen molar-refractivity contribution in [3.63, 3.8) is 0 Å². The SMILES string of the molecule is COc1ccc(C#N)c(Oc2csc(C(=O)O)c2)c1. The second-order valence-electron chi connectivity index (χ2n) is 3.53. The Balaban J connectivity index is 2.31. The maximum absolute atomic E-state index is 10.8. The van der Waals surface area contributed by atoms with Crippen molar-refractivity contribution in [2.75, 3.05) is 7.11 Å². The number of carboxylic acid groups (broad SMARTS) is 1. The first-order chi connectivity index (χ1) is 9.13. The standard InChI is InChI=1S/C13H9NO4S/c1-17-9-3-2-8(6-14)11(4-9)18-10-5-12(13(15)16)19-7-10/h2-5,7H,1H3,(H,15,16). The molecule has 0 spiro atoms. The van der Waals surface area contributed by atoms with Gasteiger partial charge in [-0.15, -0.1) is 11.3 Å². The number of carbonyl (C=O) groups is 1. The number of benzene rings is 1. The Labute approximate surface area is 113 Å². The van der Waals surface area contributed by atoms with Crippen LogP contribution in [0.3, 0.4) is 0 Å². The second-order valence-corrected chi connectivity index (χ2v) is 4.44. The van der Waals surface area contributed by atoms with Crippen molar-refractivity contribution in [2.24, 2.45) is 0 Å². The molecule has 1 aromatic carbocycles. The van der Waals surface area contributed by atoms with Gasteiger partial charge in [-0.05, 0) is 12.1 Å². The number of aromatic carboxylic acids is 1. The first-order valence-corrected chi connectivity index (χ1v) is 6.10. The van der Waals surface area contributed by atoms with Crippen LogP contribution in [0.25, 0.3) is 0 Å². The highest BCUT2D eigenvalue weighted by Crippen LogP contribution is 2.31. The summed E-state index contributed by atoms with van der Waals surface area (Å²) in [6.07, 6.45) is 0. The Hall–Kier alpha value is -2.52. The number of thiophene rings is 1. The van der Waals surface area contributed by atoms with Gasteiger partial charge in [-0.1, -0.05) is 0 Å². The maximum atomic E-state index is 10.8. The Bertz CT molecular complexity index is 657. The van der Waals surface area contributed by atoms with Crippen LogP contribution in [0.2, 0.25) is 0 Å². The number of ether oxygens (including phenoxy) is 2. The lowest BCUT2D eigenvalue weighted by Gasteiger charge is -2.07. The largest absolute Gasteiger partial charge is 0.497 e. The lowest BCUT2D eigenvalue weighted by molar-refractivity contribution is 0.0702. The van der Waals surface area contributed by atoms with Crippen LogP contribution in [0, 0.1) is 11.3 Å². The molecule has 0 bridgehead atoms. The summed E-state index contributed by atoms with van der Waals surface area (Å²) >= 11 is 1.06. The van der Waals surface area contributed by atoms with E-state index in [9.17, 15) is 4.79 Å². The fourth-order valence-corrected chi connectivity index (χ4v) is 2.06. The van der Waals surface area contributed by atoms with Crippen molar-refractivity contribution in [2.45, 2.75) is 0 Å². The van der Waals surface area contributed by atoms with Crippen molar-refractivity contribution in [1.29, 1.82) is 5.26 Å². The minimum atomic E-state index is -1.01. The second kappa shape index (κ2) is 5.42. The maximum Gasteiger partial charge on any atom is 0.346 e. The van der Waals surface area contributed by atoms with Crippen molar-refractivity contribution in [3.05, 3.63) is 40.1 Å². The molecule has 1 N–H and O–H groups in total. The average molecular weight is 275 g/mol. The van der Waals surface area contributed by atoms with E-state index in [4.69, 9.17) is 19.8 Å². The van der Waals surface area contributed by atoms with Gasteiger partial charge < -0.3 is 14.6 Å². The zero-order chi connectivity index (χ0) is 13.8. The number of nitrogens with zero attached hydrogens (tertiary/aromatic N) is 1. The molecule has 0 aliphatic carbocycles. The quantitative estimate of drug-likeness (QED) is 0.927. The topological polar surface area (TPSA) is 79.5 Å². The number of rotatable bonds is 4. The molecule has 0 unspecified atom stereocenters. The monoisotopic (exact) mass is 275 g/mol. The van der Waals surface area contributed by atoms with Crippen LogP contribution in [0.15, 0.2) is 29.6 Å². The Morgan fingerprint density at radius 1 is 1.37 bits per heavy atom. The molecule has 2 rings (SSSR count). The highest BCUT2D eigenvalue weighted by atomic mass is 32.1. The zero-order valence-electron chi connectivity index (χ0n) is 9.91. The van der Waals surface area contributed by atoms with E-state index in [1.54, 1.807) is 23.6 Å². The third kappa shape index (κ3) is 2.84. The van der Waals surface area contributed by atoms with Crippen molar-refractivity contribution >= 4 is 17.3 Å². The van der Waals surface area contributed by atoms with Crippen LogP contribution < -0.4 is 9.47 Å². The summed E-state index contributed by atoms with van der Waals surface area (Å²) in [5.74, 6) is 0.262. The van der Waals surface area contributed by atoms with Gasteiger partial charge in [-0.3, -0.25) is 0 Å². The Morgan fingerprint density at radius 3 is 2.74 bits per heavy atom. The van der Waals surface area contributed by atoms with Crippen molar-refractivity contribution < 1.29 is 19.4 Å². The molecule has 0 amide bonds. The Kier molecular flexibility index (Phi) is 3.68. The van der Waals surface area contributed by atoms with Crippen LogP contribution in [0.1, 0.15) is 15.2 Å². The van der Waals surface area contributed by atoms with Gasteiger partial charge in [0.15, 0.2) is 0 Å². The molecule has 0 radical (unpaired) electrons. The molecule has 5 nitrogen and oxygen atoms in total. The van der Waals surface area contributed by atoms with Crippen LogP contribution in [0.4, 0.5) is 0 Å². The molecule has 0 saturated carbocycles. The summed E-state index contributed by atoms with van der Waals surface area (Å²) in [7, 11) is 1.51. The Morgan fingerprint density at radius 2 is 2.16 bits per heavy atom. The fraction of sp³-hybridized carbons (Fsp3) is 0.0769. The highest BCUT2D eigenvalue weighted by molar-refractivity contribution is 7.12. The van der Waals surface area contributed by atoms with Gasteiger partial charge in [0.1, 0.15) is 28.2 Å². The summed E-state index contributed by atoms with van der Waals surface area (Å²) in [5.41, 5.74) is 0.351. The molecule has 0 aliphatic rings. The van der Waals surface area contributed by atoms with Gasteiger partial charge in [-0.25, -0.2) is 4.79 Å². The molecule has 0 saturated heterocycles.